The largest absolute Gasteiger partial charge is 0.492 e. The molecule has 17 heteroatoms. The van der Waals surface area contributed by atoms with E-state index < -0.39 is 56.2 Å². The number of carbonyl (C=O) groups excluding carboxylic acids is 1. The highest BCUT2D eigenvalue weighted by Crippen LogP contribution is 2.41. The first-order valence-corrected chi connectivity index (χ1v) is 19.0. The van der Waals surface area contributed by atoms with Crippen LogP contribution in [0.15, 0.2) is 59.6 Å². The molecule has 7 rings (SSSR count). The van der Waals surface area contributed by atoms with E-state index in [0.717, 1.165) is 22.0 Å². The molecule has 2 aromatic carbocycles. The van der Waals surface area contributed by atoms with Crippen LogP contribution in [0.2, 0.25) is 0 Å². The number of sulfonamides is 1. The van der Waals surface area contributed by atoms with E-state index in [9.17, 15) is 35.2 Å². The molecule has 52 heavy (non-hydrogen) atoms. The second-order valence-corrected chi connectivity index (χ2v) is 16.2. The number of nitrogens with zero attached hydrogens (tertiary/aromatic N) is 5. The minimum absolute atomic E-state index is 0.00896. The van der Waals surface area contributed by atoms with Gasteiger partial charge in [-0.3, -0.25) is 4.79 Å². The lowest BCUT2D eigenvalue weighted by Gasteiger charge is -2.46. The molecule has 1 aromatic heterocycles. The lowest BCUT2D eigenvalue weighted by atomic mass is 9.82. The number of amides is 1. The number of halogens is 5. The number of nitrogens with one attached hydrogen (secondary N) is 1. The smallest absolute Gasteiger partial charge is 0.416 e. The van der Waals surface area contributed by atoms with Crippen molar-refractivity contribution in [1.82, 2.24) is 29.5 Å². The van der Waals surface area contributed by atoms with Gasteiger partial charge in [-0.05, 0) is 49.4 Å². The summed E-state index contributed by atoms with van der Waals surface area (Å²) in [6, 6.07) is 10.7. The normalized spacial score (nSPS) is 25.4. The summed E-state index contributed by atoms with van der Waals surface area (Å²) in [7, 11) is -4.71. The van der Waals surface area contributed by atoms with Gasteiger partial charge in [0.15, 0.2) is 0 Å². The summed E-state index contributed by atoms with van der Waals surface area (Å²) in [6.07, 6.45) is -2.33. The van der Waals surface area contributed by atoms with Gasteiger partial charge in [-0.15, -0.1) is 5.10 Å². The third-order valence-corrected chi connectivity index (χ3v) is 12.7. The Morgan fingerprint density at radius 2 is 1.73 bits per heavy atom. The summed E-state index contributed by atoms with van der Waals surface area (Å²) in [5.41, 5.74) is -0.481. The van der Waals surface area contributed by atoms with Crippen molar-refractivity contribution in [3.63, 3.8) is 0 Å². The van der Waals surface area contributed by atoms with Crippen LogP contribution in [0.25, 0.3) is 0 Å². The Balaban J connectivity index is 1.12. The summed E-state index contributed by atoms with van der Waals surface area (Å²) in [4.78, 5) is 15.7. The van der Waals surface area contributed by atoms with Crippen LogP contribution >= 0.6 is 0 Å². The van der Waals surface area contributed by atoms with E-state index in [1.54, 1.807) is 10.9 Å². The van der Waals surface area contributed by atoms with E-state index in [2.05, 4.69) is 20.5 Å². The van der Waals surface area contributed by atoms with Crippen LogP contribution in [-0.4, -0.2) is 94.4 Å². The SMILES string of the molecule is O=C1NC2(CCOc3ccc(C(F)(F)F)cc3S(=O)(=O)N3C[C@H](OCc4cn(Cc5ccccc5)nn4)C[C@@H]13)CCN(C1CCC(F)(F)CC1)CC2. The lowest BCUT2D eigenvalue weighted by molar-refractivity contribution is -0.137. The van der Waals surface area contributed by atoms with Gasteiger partial charge in [0.25, 0.3) is 0 Å². The molecule has 3 fully saturated rings. The molecule has 1 spiro atoms. The first-order valence-electron chi connectivity index (χ1n) is 17.5. The molecule has 3 aromatic rings. The monoisotopic (exact) mass is 752 g/mol. The summed E-state index contributed by atoms with van der Waals surface area (Å²) < 4.78 is 112. The number of aromatic nitrogens is 3. The maximum Gasteiger partial charge on any atom is 0.416 e. The molecule has 1 N–H and O–H groups in total. The Hall–Kier alpha value is -3.67. The molecule has 1 amide bonds. The second-order valence-electron chi connectivity index (χ2n) is 14.3. The van der Waals surface area contributed by atoms with Gasteiger partial charge in [0.05, 0.1) is 37.6 Å². The van der Waals surface area contributed by atoms with Gasteiger partial charge in [-0.1, -0.05) is 35.5 Å². The number of carbonyl (C=O) groups is 1. The van der Waals surface area contributed by atoms with Gasteiger partial charge in [0.2, 0.25) is 21.9 Å². The molecule has 11 nitrogen and oxygen atoms in total. The number of piperidine rings is 1. The minimum Gasteiger partial charge on any atom is -0.492 e. The number of hydrogen-bond acceptors (Lipinski definition) is 8. The highest BCUT2D eigenvalue weighted by atomic mass is 32.2. The van der Waals surface area contributed by atoms with Crippen LogP contribution in [0.3, 0.4) is 0 Å². The van der Waals surface area contributed by atoms with Gasteiger partial charge in [-0.2, -0.15) is 17.5 Å². The van der Waals surface area contributed by atoms with Gasteiger partial charge in [0.1, 0.15) is 22.4 Å². The van der Waals surface area contributed by atoms with Crippen LogP contribution in [0.1, 0.15) is 68.2 Å². The predicted octanol–water partition coefficient (Wildman–Crippen LogP) is 5.00. The molecule has 3 aliphatic heterocycles. The van der Waals surface area contributed by atoms with Gasteiger partial charge >= 0.3 is 6.18 Å². The summed E-state index contributed by atoms with van der Waals surface area (Å²) >= 11 is 0. The molecule has 4 aliphatic rings. The van der Waals surface area contributed by atoms with Crippen LogP contribution in [0.4, 0.5) is 22.0 Å². The van der Waals surface area contributed by atoms with E-state index in [4.69, 9.17) is 9.47 Å². The number of hydrogen-bond donors (Lipinski definition) is 1. The van der Waals surface area contributed by atoms with Crippen molar-refractivity contribution in [1.29, 1.82) is 0 Å². The topological polar surface area (TPSA) is 119 Å². The quantitative estimate of drug-likeness (QED) is 0.350. The van der Waals surface area contributed by atoms with Crippen molar-refractivity contribution in [3.05, 3.63) is 71.5 Å². The molecule has 1 saturated carbocycles. The standard InChI is InChI=1S/C35H41F5N6O5S/c36-34(37)10-8-27(9-11-34)44-15-12-33(13-16-44)14-17-50-30-7-6-25(35(38,39)40)18-31(30)52(48,49)46-22-28(19-29(46)32(47)41-33)51-23-26-21-45(43-42-26)20-24-4-2-1-3-5-24/h1-7,18,21,27-29H,8-17,19-20,22-23H2,(H,41,47)/t28-,29+/m1/s1. The zero-order chi connectivity index (χ0) is 36.7. The molecular formula is C35H41F5N6O5S. The summed E-state index contributed by atoms with van der Waals surface area (Å²) in [6.45, 7) is 1.15. The molecule has 282 valence electrons. The number of benzene rings is 2. The fourth-order valence-electron chi connectivity index (χ4n) is 7.83. The molecule has 0 radical (unpaired) electrons. The zero-order valence-electron chi connectivity index (χ0n) is 28.4. The number of alkyl halides is 5. The molecule has 0 bridgehead atoms. The molecule has 4 heterocycles. The zero-order valence-corrected chi connectivity index (χ0v) is 29.2. The fraction of sp³-hybridized carbons (Fsp3) is 0.571. The van der Waals surface area contributed by atoms with E-state index in [-0.39, 0.29) is 57.2 Å². The first kappa shape index (κ1) is 36.7. The maximum absolute atomic E-state index is 14.2. The van der Waals surface area contributed by atoms with Crippen LogP contribution in [0.5, 0.6) is 5.75 Å². The van der Waals surface area contributed by atoms with Crippen molar-refractivity contribution in [2.45, 2.75) is 105 Å². The molecule has 1 aliphatic carbocycles. The highest BCUT2D eigenvalue weighted by molar-refractivity contribution is 7.89. The van der Waals surface area contributed by atoms with E-state index >= 15 is 0 Å². The summed E-state index contributed by atoms with van der Waals surface area (Å²) in [5.74, 6) is -3.47. The third kappa shape index (κ3) is 7.96. The van der Waals surface area contributed by atoms with Crippen LogP contribution in [-0.2, 0) is 38.9 Å². The van der Waals surface area contributed by atoms with Crippen molar-refractivity contribution in [3.8, 4) is 5.75 Å². The number of ether oxygens (including phenoxy) is 2. The predicted molar refractivity (Wildman–Crippen MR) is 177 cm³/mol. The highest BCUT2D eigenvalue weighted by Gasteiger charge is 2.49. The van der Waals surface area contributed by atoms with Crippen LogP contribution < -0.4 is 10.1 Å². The van der Waals surface area contributed by atoms with Crippen molar-refractivity contribution in [2.75, 3.05) is 26.2 Å². The molecule has 2 saturated heterocycles. The Labute approximate surface area is 298 Å². The molecular weight excluding hydrogens is 711 g/mol. The third-order valence-electron chi connectivity index (χ3n) is 10.8. The number of rotatable bonds is 6. The van der Waals surface area contributed by atoms with E-state index in [0.29, 0.717) is 57.1 Å². The number of likely N-dealkylation sites (tertiary alicyclic amines) is 1. The van der Waals surface area contributed by atoms with Crippen molar-refractivity contribution in [2.24, 2.45) is 0 Å². The van der Waals surface area contributed by atoms with Gasteiger partial charge in [0, 0.05) is 56.9 Å². The lowest BCUT2D eigenvalue weighted by Crippen LogP contribution is -2.60. The van der Waals surface area contributed by atoms with Gasteiger partial charge in [-0.25, -0.2) is 21.9 Å². The fourth-order valence-corrected chi connectivity index (χ4v) is 9.62. The van der Waals surface area contributed by atoms with Crippen molar-refractivity contribution < 1.29 is 44.6 Å². The minimum atomic E-state index is -4.82. The Kier molecular flexibility index (Phi) is 10.1. The Morgan fingerprint density at radius 1 is 1.00 bits per heavy atom. The van der Waals surface area contributed by atoms with Crippen molar-refractivity contribution >= 4 is 15.9 Å². The Bertz CT molecular complexity index is 1840. The molecule has 2 atom stereocenters. The summed E-state index contributed by atoms with van der Waals surface area (Å²) in [5, 5.41) is 11.4. The van der Waals surface area contributed by atoms with E-state index in [1.807, 2.05) is 30.3 Å². The second kappa shape index (κ2) is 14.3. The number of fused-ring (bicyclic) bond motifs is 2. The van der Waals surface area contributed by atoms with E-state index in [1.165, 1.54) is 0 Å². The van der Waals surface area contributed by atoms with Gasteiger partial charge < -0.3 is 19.7 Å². The average molecular weight is 753 g/mol. The average Bonchev–Trinajstić information content (AvgIpc) is 3.75. The Morgan fingerprint density at radius 3 is 2.44 bits per heavy atom. The first-order chi connectivity index (χ1) is 24.7. The maximum atomic E-state index is 14.2. The molecule has 0 unspecified atom stereocenters. The van der Waals surface area contributed by atoms with Crippen LogP contribution in [0, 0.1) is 0 Å².